The SMILES string of the molecule is Cc1ccc(C(=O)CCC(=O)Nc2ccc(CNC(=O)c3cccnc3)cc2)cc1. The van der Waals surface area contributed by atoms with Gasteiger partial charge in [-0.25, -0.2) is 0 Å². The molecule has 0 spiro atoms. The molecule has 6 heteroatoms. The summed E-state index contributed by atoms with van der Waals surface area (Å²) in [4.78, 5) is 40.3. The molecule has 30 heavy (non-hydrogen) atoms. The zero-order valence-electron chi connectivity index (χ0n) is 16.7. The van der Waals surface area contributed by atoms with Crippen molar-refractivity contribution < 1.29 is 14.4 Å². The van der Waals surface area contributed by atoms with Crippen LogP contribution in [-0.4, -0.2) is 22.6 Å². The van der Waals surface area contributed by atoms with Gasteiger partial charge in [0.25, 0.3) is 5.91 Å². The number of hydrogen-bond acceptors (Lipinski definition) is 4. The van der Waals surface area contributed by atoms with Crippen LogP contribution in [0.15, 0.2) is 73.1 Å². The Morgan fingerprint density at radius 3 is 2.27 bits per heavy atom. The molecule has 0 fully saturated rings. The number of pyridine rings is 1. The molecule has 152 valence electrons. The summed E-state index contributed by atoms with van der Waals surface area (Å²) in [5.41, 5.74) is 3.75. The topological polar surface area (TPSA) is 88.2 Å². The number of ketones is 1. The molecule has 0 aliphatic carbocycles. The Kier molecular flexibility index (Phi) is 7.05. The minimum atomic E-state index is -0.215. The van der Waals surface area contributed by atoms with Crippen LogP contribution in [0.2, 0.25) is 0 Å². The number of hydrogen-bond donors (Lipinski definition) is 2. The Hall–Kier alpha value is -3.80. The lowest BCUT2D eigenvalue weighted by Gasteiger charge is -2.08. The summed E-state index contributed by atoms with van der Waals surface area (Å²) in [6.07, 6.45) is 3.41. The van der Waals surface area contributed by atoms with E-state index in [-0.39, 0.29) is 30.4 Å². The van der Waals surface area contributed by atoms with Crippen LogP contribution in [0.3, 0.4) is 0 Å². The first-order valence-corrected chi connectivity index (χ1v) is 9.68. The molecule has 6 nitrogen and oxygen atoms in total. The summed E-state index contributed by atoms with van der Waals surface area (Å²) in [6, 6.07) is 17.9. The smallest absolute Gasteiger partial charge is 0.253 e. The zero-order valence-corrected chi connectivity index (χ0v) is 16.7. The quantitative estimate of drug-likeness (QED) is 0.560. The first-order chi connectivity index (χ1) is 14.5. The van der Waals surface area contributed by atoms with Crippen molar-refractivity contribution in [3.05, 3.63) is 95.3 Å². The zero-order chi connectivity index (χ0) is 21.3. The first-order valence-electron chi connectivity index (χ1n) is 9.68. The molecule has 0 saturated carbocycles. The van der Waals surface area contributed by atoms with Gasteiger partial charge in [-0.05, 0) is 36.8 Å². The second kappa shape index (κ2) is 10.1. The van der Waals surface area contributed by atoms with Gasteiger partial charge < -0.3 is 10.6 Å². The highest BCUT2D eigenvalue weighted by molar-refractivity contribution is 6.00. The van der Waals surface area contributed by atoms with Crippen molar-refractivity contribution in [3.63, 3.8) is 0 Å². The van der Waals surface area contributed by atoms with E-state index in [9.17, 15) is 14.4 Å². The van der Waals surface area contributed by atoms with Crippen LogP contribution < -0.4 is 10.6 Å². The summed E-state index contributed by atoms with van der Waals surface area (Å²) in [6.45, 7) is 2.33. The van der Waals surface area contributed by atoms with Gasteiger partial charge in [-0.1, -0.05) is 42.0 Å². The van der Waals surface area contributed by atoms with Crippen molar-refractivity contribution in [1.82, 2.24) is 10.3 Å². The van der Waals surface area contributed by atoms with E-state index in [2.05, 4.69) is 15.6 Å². The number of aromatic nitrogens is 1. The van der Waals surface area contributed by atoms with E-state index >= 15 is 0 Å². The van der Waals surface area contributed by atoms with Gasteiger partial charge in [0.1, 0.15) is 0 Å². The van der Waals surface area contributed by atoms with Crippen LogP contribution in [-0.2, 0) is 11.3 Å². The molecule has 3 aromatic rings. The summed E-state index contributed by atoms with van der Waals surface area (Å²) >= 11 is 0. The average Bonchev–Trinajstić information content (AvgIpc) is 2.78. The van der Waals surface area contributed by atoms with Crippen molar-refractivity contribution in [2.24, 2.45) is 0 Å². The third kappa shape index (κ3) is 6.10. The number of nitrogens with one attached hydrogen (secondary N) is 2. The van der Waals surface area contributed by atoms with Crippen LogP contribution in [0, 0.1) is 6.92 Å². The minimum absolute atomic E-state index is 0.0511. The molecule has 0 unspecified atom stereocenters. The van der Waals surface area contributed by atoms with E-state index in [0.29, 0.717) is 23.4 Å². The minimum Gasteiger partial charge on any atom is -0.348 e. The number of rotatable bonds is 8. The highest BCUT2D eigenvalue weighted by Gasteiger charge is 2.10. The Balaban J connectivity index is 1.44. The fraction of sp³-hybridized carbons (Fsp3) is 0.167. The molecule has 0 atom stereocenters. The van der Waals surface area contributed by atoms with E-state index in [1.54, 1.807) is 42.6 Å². The van der Waals surface area contributed by atoms with Crippen LogP contribution in [0.4, 0.5) is 5.69 Å². The van der Waals surface area contributed by atoms with E-state index < -0.39 is 0 Å². The van der Waals surface area contributed by atoms with Crippen LogP contribution in [0.5, 0.6) is 0 Å². The van der Waals surface area contributed by atoms with Gasteiger partial charge >= 0.3 is 0 Å². The van der Waals surface area contributed by atoms with E-state index in [1.165, 1.54) is 6.20 Å². The number of carbonyl (C=O) groups excluding carboxylic acids is 3. The maximum Gasteiger partial charge on any atom is 0.253 e. The molecule has 3 rings (SSSR count). The number of Topliss-reactive ketones (excluding diaryl/α,β-unsaturated/α-hetero) is 1. The predicted octanol–water partition coefficient (Wildman–Crippen LogP) is 3.92. The molecule has 0 saturated heterocycles. The fourth-order valence-electron chi connectivity index (χ4n) is 2.82. The van der Waals surface area contributed by atoms with Gasteiger partial charge in [-0.15, -0.1) is 0 Å². The van der Waals surface area contributed by atoms with E-state index in [4.69, 9.17) is 0 Å². The van der Waals surface area contributed by atoms with Crippen molar-refractivity contribution in [3.8, 4) is 0 Å². The Bertz CT molecular complexity index is 1010. The van der Waals surface area contributed by atoms with Gasteiger partial charge in [-0.2, -0.15) is 0 Å². The fourth-order valence-corrected chi connectivity index (χ4v) is 2.82. The summed E-state index contributed by atoms with van der Waals surface area (Å²) in [5.74, 6) is -0.461. The molecule has 0 aliphatic heterocycles. The van der Waals surface area contributed by atoms with Crippen LogP contribution in [0.1, 0.15) is 44.7 Å². The lowest BCUT2D eigenvalue weighted by atomic mass is 10.0. The van der Waals surface area contributed by atoms with Gasteiger partial charge in [0.15, 0.2) is 5.78 Å². The predicted molar refractivity (Wildman–Crippen MR) is 115 cm³/mol. The lowest BCUT2D eigenvalue weighted by Crippen LogP contribution is -2.22. The van der Waals surface area contributed by atoms with Gasteiger partial charge in [0.05, 0.1) is 5.56 Å². The molecular formula is C24H23N3O3. The average molecular weight is 401 g/mol. The Morgan fingerprint density at radius 1 is 0.867 bits per heavy atom. The number of nitrogens with zero attached hydrogens (tertiary/aromatic N) is 1. The summed E-state index contributed by atoms with van der Waals surface area (Å²) < 4.78 is 0. The van der Waals surface area contributed by atoms with Gasteiger partial charge in [-0.3, -0.25) is 19.4 Å². The third-order valence-corrected chi connectivity index (χ3v) is 4.57. The number of amides is 2. The largest absolute Gasteiger partial charge is 0.348 e. The molecule has 1 heterocycles. The monoisotopic (exact) mass is 401 g/mol. The summed E-state index contributed by atoms with van der Waals surface area (Å²) in [5, 5.41) is 5.61. The highest BCUT2D eigenvalue weighted by atomic mass is 16.2. The summed E-state index contributed by atoms with van der Waals surface area (Å²) in [7, 11) is 0. The van der Waals surface area contributed by atoms with Gasteiger partial charge in [0, 0.05) is 43.0 Å². The normalized spacial score (nSPS) is 10.3. The maximum atomic E-state index is 12.2. The van der Waals surface area contributed by atoms with Crippen molar-refractivity contribution in [1.29, 1.82) is 0 Å². The molecule has 0 bridgehead atoms. The van der Waals surface area contributed by atoms with Crippen LogP contribution in [0.25, 0.3) is 0 Å². The molecule has 0 aliphatic rings. The van der Waals surface area contributed by atoms with E-state index in [1.807, 2.05) is 31.2 Å². The number of anilines is 1. The number of benzene rings is 2. The number of aryl methyl sites for hydroxylation is 1. The van der Waals surface area contributed by atoms with Crippen LogP contribution >= 0.6 is 0 Å². The molecule has 2 aromatic carbocycles. The Morgan fingerprint density at radius 2 is 1.60 bits per heavy atom. The standard InChI is InChI=1S/C24H23N3O3/c1-17-4-8-19(9-5-17)22(28)12-13-23(29)27-21-10-6-18(7-11-21)15-26-24(30)20-3-2-14-25-16-20/h2-11,14,16H,12-13,15H2,1H3,(H,26,30)(H,27,29). The molecule has 0 radical (unpaired) electrons. The lowest BCUT2D eigenvalue weighted by molar-refractivity contribution is -0.116. The Labute approximate surface area is 175 Å². The maximum absolute atomic E-state index is 12.2. The van der Waals surface area contributed by atoms with Crippen molar-refractivity contribution in [2.75, 3.05) is 5.32 Å². The van der Waals surface area contributed by atoms with E-state index in [0.717, 1.165) is 11.1 Å². The molecule has 1 aromatic heterocycles. The number of carbonyl (C=O) groups is 3. The first kappa shape index (κ1) is 20.9. The molecule has 2 N–H and O–H groups in total. The third-order valence-electron chi connectivity index (χ3n) is 4.57. The highest BCUT2D eigenvalue weighted by Crippen LogP contribution is 2.12. The molecular weight excluding hydrogens is 378 g/mol. The second-order valence-corrected chi connectivity index (χ2v) is 6.96. The molecule has 2 amide bonds. The second-order valence-electron chi connectivity index (χ2n) is 6.96. The van der Waals surface area contributed by atoms with Crippen molar-refractivity contribution >= 4 is 23.3 Å². The van der Waals surface area contributed by atoms with Crippen molar-refractivity contribution in [2.45, 2.75) is 26.3 Å². The van der Waals surface area contributed by atoms with Gasteiger partial charge in [0.2, 0.25) is 5.91 Å².